The van der Waals surface area contributed by atoms with E-state index in [9.17, 15) is 9.59 Å². The van der Waals surface area contributed by atoms with Crippen molar-refractivity contribution in [3.8, 4) is 0 Å². The third-order valence-electron chi connectivity index (χ3n) is 1.33. The summed E-state index contributed by atoms with van der Waals surface area (Å²) in [7, 11) is 0. The number of carbonyl (C=O) groups is 2. The molecule has 0 aromatic heterocycles. The Morgan fingerprint density at radius 2 is 1.21 bits per heavy atom. The van der Waals surface area contributed by atoms with Crippen molar-refractivity contribution in [1.29, 1.82) is 0 Å². The molecule has 80 valence electrons. The number of hydrogen-bond donors (Lipinski definition) is 4. The number of aliphatic carboxylic acids is 2. The molecule has 0 amide bonds. The van der Waals surface area contributed by atoms with Crippen LogP contribution in [0.3, 0.4) is 0 Å². The maximum Gasteiger partial charge on any atom is 0.348 e. The molecule has 0 fully saturated rings. The lowest BCUT2D eigenvalue weighted by Crippen LogP contribution is -2.46. The quantitative estimate of drug-likeness (QED) is 0.429. The molecule has 0 aromatic carbocycles. The molecule has 0 spiro atoms. The van der Waals surface area contributed by atoms with Crippen LogP contribution in [0.15, 0.2) is 10.2 Å². The summed E-state index contributed by atoms with van der Waals surface area (Å²) in [5.41, 5.74) is 6.36. The van der Waals surface area contributed by atoms with Gasteiger partial charge < -0.3 is 10.2 Å². The molecular formula is C6H12N4O4. The summed E-state index contributed by atoms with van der Waals surface area (Å²) in [6.07, 6.45) is 0. The fourth-order valence-electron chi connectivity index (χ4n) is 0.293. The molecular weight excluding hydrogens is 192 g/mol. The lowest BCUT2D eigenvalue weighted by atomic mass is 10.2. The van der Waals surface area contributed by atoms with Crippen LogP contribution in [0.4, 0.5) is 0 Å². The number of azo groups is 1. The van der Waals surface area contributed by atoms with Gasteiger partial charge in [0.15, 0.2) is 0 Å². The first kappa shape index (κ1) is 12.5. The minimum atomic E-state index is -1.98. The lowest BCUT2D eigenvalue weighted by Gasteiger charge is -2.16. The summed E-state index contributed by atoms with van der Waals surface area (Å²) in [4.78, 5) is 20.9. The van der Waals surface area contributed by atoms with E-state index < -0.39 is 23.3 Å². The Labute approximate surface area is 79.6 Å². The fourth-order valence-corrected chi connectivity index (χ4v) is 0.293. The summed E-state index contributed by atoms with van der Waals surface area (Å²) >= 11 is 0. The summed E-state index contributed by atoms with van der Waals surface area (Å²) in [5.74, 6) is -2.86. The Morgan fingerprint density at radius 1 is 1.00 bits per heavy atom. The van der Waals surface area contributed by atoms with Crippen molar-refractivity contribution in [2.75, 3.05) is 0 Å². The lowest BCUT2D eigenvalue weighted by molar-refractivity contribution is -0.145. The van der Waals surface area contributed by atoms with E-state index in [0.717, 1.165) is 13.8 Å². The molecule has 2 atom stereocenters. The van der Waals surface area contributed by atoms with Crippen LogP contribution in [0, 0.1) is 0 Å². The molecule has 0 aliphatic rings. The molecule has 8 heteroatoms. The highest BCUT2D eigenvalue weighted by molar-refractivity contribution is 5.78. The van der Waals surface area contributed by atoms with E-state index in [1.807, 2.05) is 0 Å². The number of rotatable bonds is 4. The number of hydrogen-bond acceptors (Lipinski definition) is 6. The fraction of sp³-hybridized carbons (Fsp3) is 0.667. The largest absolute Gasteiger partial charge is 0.478 e. The normalized spacial score (nSPS) is 20.0. The van der Waals surface area contributed by atoms with Crippen LogP contribution in [-0.4, -0.2) is 33.5 Å². The predicted molar refractivity (Wildman–Crippen MR) is 45.3 cm³/mol. The van der Waals surface area contributed by atoms with Crippen molar-refractivity contribution in [1.82, 2.24) is 0 Å². The van der Waals surface area contributed by atoms with E-state index >= 15 is 0 Å². The van der Waals surface area contributed by atoms with Gasteiger partial charge in [0.05, 0.1) is 0 Å². The molecule has 0 rings (SSSR count). The molecule has 0 saturated heterocycles. The third kappa shape index (κ3) is 3.07. The molecule has 0 heterocycles. The Balaban J connectivity index is 4.76. The number of nitrogens with zero attached hydrogens (tertiary/aromatic N) is 2. The summed E-state index contributed by atoms with van der Waals surface area (Å²) in [6.45, 7) is 2.13. The molecule has 6 N–H and O–H groups in total. The van der Waals surface area contributed by atoms with Crippen LogP contribution in [0.25, 0.3) is 0 Å². The topological polar surface area (TPSA) is 151 Å². The Hall–Kier alpha value is -1.54. The highest BCUT2D eigenvalue weighted by atomic mass is 16.4. The highest BCUT2D eigenvalue weighted by Crippen LogP contribution is 2.08. The van der Waals surface area contributed by atoms with Crippen molar-refractivity contribution >= 4 is 11.9 Å². The maximum absolute atomic E-state index is 10.4. The molecule has 0 saturated carbocycles. The van der Waals surface area contributed by atoms with Crippen LogP contribution < -0.4 is 11.5 Å². The van der Waals surface area contributed by atoms with Gasteiger partial charge in [-0.05, 0) is 13.8 Å². The van der Waals surface area contributed by atoms with E-state index in [4.69, 9.17) is 21.7 Å². The van der Waals surface area contributed by atoms with Gasteiger partial charge in [-0.1, -0.05) is 0 Å². The van der Waals surface area contributed by atoms with Gasteiger partial charge in [0.1, 0.15) is 0 Å². The van der Waals surface area contributed by atoms with Gasteiger partial charge in [0.25, 0.3) is 0 Å². The minimum absolute atomic E-state index is 1.07. The first-order chi connectivity index (χ1) is 6.09. The Morgan fingerprint density at radius 3 is 1.36 bits per heavy atom. The van der Waals surface area contributed by atoms with Crippen molar-refractivity contribution in [3.05, 3.63) is 0 Å². The average molecular weight is 204 g/mol. The van der Waals surface area contributed by atoms with Crippen molar-refractivity contribution in [2.45, 2.75) is 25.2 Å². The van der Waals surface area contributed by atoms with Crippen molar-refractivity contribution < 1.29 is 19.8 Å². The molecule has 0 aliphatic carbocycles. The molecule has 14 heavy (non-hydrogen) atoms. The van der Waals surface area contributed by atoms with Crippen molar-refractivity contribution in [3.63, 3.8) is 0 Å². The molecule has 0 bridgehead atoms. The SMILES string of the molecule is C[C@](N)(/N=N/[C@](C)(N)C(=O)O)C(=O)O. The highest BCUT2D eigenvalue weighted by Gasteiger charge is 2.32. The first-order valence-corrected chi connectivity index (χ1v) is 3.58. The minimum Gasteiger partial charge on any atom is -0.478 e. The zero-order valence-electron chi connectivity index (χ0n) is 7.76. The van der Waals surface area contributed by atoms with Crippen LogP contribution in [0.1, 0.15) is 13.8 Å². The molecule has 0 aromatic rings. The van der Waals surface area contributed by atoms with Crippen LogP contribution in [0.5, 0.6) is 0 Å². The molecule has 0 unspecified atom stereocenters. The van der Waals surface area contributed by atoms with Gasteiger partial charge in [-0.15, -0.1) is 0 Å². The zero-order chi connectivity index (χ0) is 11.6. The van der Waals surface area contributed by atoms with Gasteiger partial charge in [-0.25, -0.2) is 9.59 Å². The Kier molecular flexibility index (Phi) is 3.27. The predicted octanol–water partition coefficient (Wildman–Crippen LogP) is -1.04. The third-order valence-corrected chi connectivity index (χ3v) is 1.33. The number of carboxylic acid groups (broad SMARTS) is 2. The van der Waals surface area contributed by atoms with Crippen LogP contribution >= 0.6 is 0 Å². The second-order valence-electron chi connectivity index (χ2n) is 3.11. The number of carboxylic acids is 2. The van der Waals surface area contributed by atoms with E-state index in [2.05, 4.69) is 10.2 Å². The molecule has 8 nitrogen and oxygen atoms in total. The van der Waals surface area contributed by atoms with Gasteiger partial charge in [0, 0.05) is 0 Å². The van der Waals surface area contributed by atoms with Gasteiger partial charge >= 0.3 is 11.9 Å². The second kappa shape index (κ2) is 3.68. The summed E-state index contributed by atoms with van der Waals surface area (Å²) in [6, 6.07) is 0. The van der Waals surface area contributed by atoms with E-state index in [1.54, 1.807) is 0 Å². The standard InChI is InChI=1S/C6H12N4O4/c1-5(7,3(11)12)9-10-6(2,8)4(13)14/h7-8H2,1-2H3,(H,11,12)(H,13,14)/b10-9+/t5-,6-/m0/s1. The monoisotopic (exact) mass is 204 g/mol. The number of nitrogens with two attached hydrogens (primary N) is 2. The maximum atomic E-state index is 10.4. The van der Waals surface area contributed by atoms with E-state index in [1.165, 1.54) is 0 Å². The average Bonchev–Trinajstić information content (AvgIpc) is 2.01. The van der Waals surface area contributed by atoms with Crippen LogP contribution in [0.2, 0.25) is 0 Å². The smallest absolute Gasteiger partial charge is 0.348 e. The summed E-state index contributed by atoms with van der Waals surface area (Å²) < 4.78 is 0. The van der Waals surface area contributed by atoms with Gasteiger partial charge in [-0.3, -0.25) is 11.5 Å². The van der Waals surface area contributed by atoms with Gasteiger partial charge in [0.2, 0.25) is 11.3 Å². The second-order valence-corrected chi connectivity index (χ2v) is 3.11. The van der Waals surface area contributed by atoms with Gasteiger partial charge in [-0.2, -0.15) is 10.2 Å². The Bertz CT molecular complexity index is 256. The summed E-state index contributed by atoms with van der Waals surface area (Å²) in [5, 5.41) is 23.3. The van der Waals surface area contributed by atoms with Crippen molar-refractivity contribution in [2.24, 2.45) is 21.7 Å². The first-order valence-electron chi connectivity index (χ1n) is 3.58. The van der Waals surface area contributed by atoms with E-state index in [0.29, 0.717) is 0 Å². The molecule has 0 aliphatic heterocycles. The van der Waals surface area contributed by atoms with E-state index in [-0.39, 0.29) is 0 Å². The van der Waals surface area contributed by atoms with Crippen LogP contribution in [-0.2, 0) is 9.59 Å². The zero-order valence-corrected chi connectivity index (χ0v) is 7.76. The molecule has 0 radical (unpaired) electrons.